The molecule has 186 valence electrons. The van der Waals surface area contributed by atoms with Gasteiger partial charge in [0.15, 0.2) is 0 Å². The van der Waals surface area contributed by atoms with Crippen LogP contribution in [0.3, 0.4) is 0 Å². The molecule has 0 saturated carbocycles. The average Bonchev–Trinajstić information content (AvgIpc) is 3.22. The zero-order valence-electron chi connectivity index (χ0n) is 20.3. The summed E-state index contributed by atoms with van der Waals surface area (Å²) < 4.78 is 10.5. The number of likely N-dealkylation sites (tertiary alicyclic amines) is 1. The molecule has 10 heteroatoms. The molecule has 4 rings (SSSR count). The van der Waals surface area contributed by atoms with Crippen molar-refractivity contribution < 1.29 is 19.1 Å². The molecule has 2 amide bonds. The maximum Gasteiger partial charge on any atom is 0.409 e. The van der Waals surface area contributed by atoms with Gasteiger partial charge in [-0.05, 0) is 50.3 Å². The van der Waals surface area contributed by atoms with Crippen molar-refractivity contribution in [2.45, 2.75) is 39.2 Å². The lowest BCUT2D eigenvalue weighted by Gasteiger charge is -2.31. The number of thiophene rings is 1. The maximum absolute atomic E-state index is 13.1. The van der Waals surface area contributed by atoms with E-state index < -0.39 is 0 Å². The van der Waals surface area contributed by atoms with E-state index in [1.807, 2.05) is 31.2 Å². The number of ether oxygens (including phenoxy) is 2. The SMILES string of the molecule is CCOC(=O)N1CCC(NC(=O)c2sc3ncnc(NCCc4ccccc4OC)c3c2C)CC1. The molecular formula is C25H31N5O4S. The fourth-order valence-electron chi connectivity index (χ4n) is 4.32. The molecule has 1 fully saturated rings. The molecule has 35 heavy (non-hydrogen) atoms. The number of nitrogens with one attached hydrogen (secondary N) is 2. The molecular weight excluding hydrogens is 466 g/mol. The molecule has 3 aromatic rings. The molecule has 0 bridgehead atoms. The summed E-state index contributed by atoms with van der Waals surface area (Å²) in [6, 6.07) is 7.96. The van der Waals surface area contributed by atoms with Gasteiger partial charge in [0.2, 0.25) is 0 Å². The van der Waals surface area contributed by atoms with E-state index in [0.29, 0.717) is 44.0 Å². The van der Waals surface area contributed by atoms with E-state index in [1.165, 1.54) is 17.7 Å². The van der Waals surface area contributed by atoms with Crippen molar-refractivity contribution in [1.82, 2.24) is 20.2 Å². The van der Waals surface area contributed by atoms with Crippen LogP contribution in [-0.4, -0.2) is 66.3 Å². The van der Waals surface area contributed by atoms with E-state index in [1.54, 1.807) is 18.9 Å². The maximum atomic E-state index is 13.1. The van der Waals surface area contributed by atoms with Crippen LogP contribution in [0.15, 0.2) is 30.6 Å². The molecule has 0 atom stereocenters. The molecule has 0 radical (unpaired) electrons. The van der Waals surface area contributed by atoms with Crippen LogP contribution in [0.2, 0.25) is 0 Å². The number of piperidine rings is 1. The van der Waals surface area contributed by atoms with Crippen LogP contribution in [-0.2, 0) is 11.2 Å². The highest BCUT2D eigenvalue weighted by atomic mass is 32.1. The largest absolute Gasteiger partial charge is 0.496 e. The van der Waals surface area contributed by atoms with E-state index >= 15 is 0 Å². The van der Waals surface area contributed by atoms with Crippen LogP contribution in [0, 0.1) is 6.92 Å². The number of carbonyl (C=O) groups excluding carboxylic acids is 2. The predicted octanol–water partition coefficient (Wildman–Crippen LogP) is 4.01. The second-order valence-electron chi connectivity index (χ2n) is 8.38. The summed E-state index contributed by atoms with van der Waals surface area (Å²) in [6.07, 6.45) is 3.41. The molecule has 1 saturated heterocycles. The highest BCUT2D eigenvalue weighted by Crippen LogP contribution is 2.33. The summed E-state index contributed by atoms with van der Waals surface area (Å²) in [6.45, 7) is 5.90. The van der Waals surface area contributed by atoms with Gasteiger partial charge in [0.1, 0.15) is 22.7 Å². The molecule has 1 aromatic carbocycles. The Labute approximate surface area is 208 Å². The third-order valence-electron chi connectivity index (χ3n) is 6.17. The van der Waals surface area contributed by atoms with Gasteiger partial charge in [-0.2, -0.15) is 0 Å². The number of fused-ring (bicyclic) bond motifs is 1. The fraction of sp³-hybridized carbons (Fsp3) is 0.440. The highest BCUT2D eigenvalue weighted by Gasteiger charge is 2.26. The minimum Gasteiger partial charge on any atom is -0.496 e. The number of aryl methyl sites for hydroxylation is 1. The third-order valence-corrected chi connectivity index (χ3v) is 7.37. The number of aromatic nitrogens is 2. The van der Waals surface area contributed by atoms with Gasteiger partial charge in [-0.3, -0.25) is 4.79 Å². The van der Waals surface area contributed by atoms with Gasteiger partial charge in [-0.1, -0.05) is 18.2 Å². The van der Waals surface area contributed by atoms with Crippen molar-refractivity contribution in [3.8, 4) is 5.75 Å². The number of hydrogen-bond donors (Lipinski definition) is 2. The molecule has 0 aliphatic carbocycles. The second-order valence-corrected chi connectivity index (χ2v) is 9.38. The van der Waals surface area contributed by atoms with Crippen molar-refractivity contribution in [3.05, 3.63) is 46.6 Å². The Morgan fingerprint density at radius 3 is 2.71 bits per heavy atom. The van der Waals surface area contributed by atoms with Gasteiger partial charge < -0.3 is 25.0 Å². The first-order valence-corrected chi connectivity index (χ1v) is 12.7. The van der Waals surface area contributed by atoms with Crippen LogP contribution < -0.4 is 15.4 Å². The zero-order chi connectivity index (χ0) is 24.8. The molecule has 1 aliphatic heterocycles. The molecule has 2 N–H and O–H groups in total. The molecule has 9 nitrogen and oxygen atoms in total. The van der Waals surface area contributed by atoms with Crippen LogP contribution in [0.1, 0.15) is 40.6 Å². The van der Waals surface area contributed by atoms with Crippen LogP contribution in [0.25, 0.3) is 10.2 Å². The Hall–Kier alpha value is -3.40. The van der Waals surface area contributed by atoms with E-state index in [4.69, 9.17) is 9.47 Å². The molecule has 0 spiro atoms. The molecule has 2 aromatic heterocycles. The van der Waals surface area contributed by atoms with Gasteiger partial charge in [0, 0.05) is 25.7 Å². The summed E-state index contributed by atoms with van der Waals surface area (Å²) >= 11 is 1.38. The number of rotatable bonds is 8. The molecule has 0 unspecified atom stereocenters. The van der Waals surface area contributed by atoms with Gasteiger partial charge in [-0.25, -0.2) is 14.8 Å². The first kappa shape index (κ1) is 24.7. The van der Waals surface area contributed by atoms with Crippen LogP contribution in [0.5, 0.6) is 5.75 Å². The first-order valence-electron chi connectivity index (χ1n) is 11.8. The van der Waals surface area contributed by atoms with Crippen LogP contribution >= 0.6 is 11.3 Å². The Bertz CT molecular complexity index is 1190. The summed E-state index contributed by atoms with van der Waals surface area (Å²) in [5, 5.41) is 7.42. The number of carbonyl (C=O) groups is 2. The minimum absolute atomic E-state index is 0.0160. The predicted molar refractivity (Wildman–Crippen MR) is 136 cm³/mol. The molecule has 1 aliphatic rings. The number of para-hydroxylation sites is 1. The Balaban J connectivity index is 1.41. The quantitative estimate of drug-likeness (QED) is 0.484. The lowest BCUT2D eigenvalue weighted by Crippen LogP contribution is -2.46. The van der Waals surface area contributed by atoms with E-state index in [0.717, 1.165) is 39.3 Å². The van der Waals surface area contributed by atoms with Gasteiger partial charge in [0.25, 0.3) is 5.91 Å². The number of nitrogens with zero attached hydrogens (tertiary/aromatic N) is 3. The standard InChI is InChI=1S/C25H31N5O4S/c1-4-34-25(32)30-13-10-18(11-14-30)29-23(31)21-16(2)20-22(27-15-28-24(20)35-21)26-12-9-17-7-5-6-8-19(17)33-3/h5-8,15,18H,4,9-14H2,1-3H3,(H,29,31)(H,26,27,28). The monoisotopic (exact) mass is 497 g/mol. The average molecular weight is 498 g/mol. The number of methoxy groups -OCH3 is 1. The topological polar surface area (TPSA) is 106 Å². The van der Waals surface area contributed by atoms with Crippen LogP contribution in [0.4, 0.5) is 10.6 Å². The van der Waals surface area contributed by atoms with E-state index in [2.05, 4.69) is 20.6 Å². The highest BCUT2D eigenvalue weighted by molar-refractivity contribution is 7.20. The second kappa shape index (κ2) is 11.4. The lowest BCUT2D eigenvalue weighted by molar-refractivity contribution is 0.0862. The summed E-state index contributed by atoms with van der Waals surface area (Å²) in [4.78, 5) is 37.0. The van der Waals surface area contributed by atoms with Crippen molar-refractivity contribution >= 4 is 39.4 Å². The summed E-state index contributed by atoms with van der Waals surface area (Å²) in [5.74, 6) is 1.47. The van der Waals surface area contributed by atoms with Gasteiger partial charge in [-0.15, -0.1) is 11.3 Å². The zero-order valence-corrected chi connectivity index (χ0v) is 21.1. The normalized spacial score (nSPS) is 14.1. The Morgan fingerprint density at radius 1 is 1.20 bits per heavy atom. The minimum atomic E-state index is -0.290. The number of anilines is 1. The summed E-state index contributed by atoms with van der Waals surface area (Å²) in [7, 11) is 1.67. The van der Waals surface area contributed by atoms with E-state index in [9.17, 15) is 9.59 Å². The number of hydrogen-bond acceptors (Lipinski definition) is 8. The van der Waals surface area contributed by atoms with Crippen molar-refractivity contribution in [3.63, 3.8) is 0 Å². The van der Waals surface area contributed by atoms with Crippen molar-refractivity contribution in [1.29, 1.82) is 0 Å². The Kier molecular flexibility index (Phi) is 8.02. The molecule has 3 heterocycles. The van der Waals surface area contributed by atoms with Gasteiger partial charge >= 0.3 is 6.09 Å². The third kappa shape index (κ3) is 5.64. The lowest BCUT2D eigenvalue weighted by atomic mass is 10.1. The fourth-order valence-corrected chi connectivity index (χ4v) is 5.37. The van der Waals surface area contributed by atoms with Crippen molar-refractivity contribution in [2.75, 3.05) is 38.7 Å². The summed E-state index contributed by atoms with van der Waals surface area (Å²) in [5.41, 5.74) is 1.98. The van der Waals surface area contributed by atoms with E-state index in [-0.39, 0.29) is 18.0 Å². The smallest absolute Gasteiger partial charge is 0.409 e. The number of benzene rings is 1. The first-order chi connectivity index (χ1) is 17.0. The Morgan fingerprint density at radius 2 is 1.97 bits per heavy atom. The number of amides is 2. The van der Waals surface area contributed by atoms with Crippen molar-refractivity contribution in [2.24, 2.45) is 0 Å². The van der Waals surface area contributed by atoms with Gasteiger partial charge in [0.05, 0.1) is 24.0 Å².